The smallest absolute Gasteiger partial charge is 0.222 e. The van der Waals surface area contributed by atoms with E-state index in [9.17, 15) is 5.26 Å². The van der Waals surface area contributed by atoms with Gasteiger partial charge in [-0.25, -0.2) is 15.0 Å². The molecule has 166 valence electrons. The molecule has 6 nitrogen and oxygen atoms in total. The number of fused-ring (bicyclic) bond motifs is 1. The van der Waals surface area contributed by atoms with Crippen LogP contribution in [0.3, 0.4) is 0 Å². The molecule has 2 heterocycles. The van der Waals surface area contributed by atoms with Crippen LogP contribution < -0.4 is 10.1 Å². The van der Waals surface area contributed by atoms with Crippen LogP contribution in [0.15, 0.2) is 91.1 Å². The molecule has 7 heteroatoms. The number of para-hydroxylation sites is 2. The molecule has 0 bridgehead atoms. The summed E-state index contributed by atoms with van der Waals surface area (Å²) in [6.45, 7) is 0.667. The zero-order valence-electron chi connectivity index (χ0n) is 18.3. The quantitative estimate of drug-likeness (QED) is 0.295. The zero-order valence-corrected chi connectivity index (χ0v) is 19.1. The van der Waals surface area contributed by atoms with Crippen molar-refractivity contribution in [2.75, 3.05) is 11.9 Å². The number of aromatic nitrogens is 3. The molecule has 0 amide bonds. The highest BCUT2D eigenvalue weighted by Crippen LogP contribution is 2.30. The predicted molar refractivity (Wildman–Crippen MR) is 134 cm³/mol. The fourth-order valence-electron chi connectivity index (χ4n) is 3.55. The highest BCUT2D eigenvalue weighted by Gasteiger charge is 2.20. The summed E-state index contributed by atoms with van der Waals surface area (Å²) in [4.78, 5) is 13.5. The number of nitrogens with zero attached hydrogens (tertiary/aromatic N) is 4. The van der Waals surface area contributed by atoms with Gasteiger partial charge in [-0.05, 0) is 54.4 Å². The average molecular weight is 464 g/mol. The van der Waals surface area contributed by atoms with Crippen molar-refractivity contribution in [3.05, 3.63) is 107 Å². The largest absolute Gasteiger partial charge is 0.457 e. The van der Waals surface area contributed by atoms with Crippen molar-refractivity contribution in [1.29, 1.82) is 5.26 Å². The first kappa shape index (κ1) is 21.6. The van der Waals surface area contributed by atoms with Crippen LogP contribution in [0.2, 0.25) is 0 Å². The number of ether oxygens (including phenoxy) is 1. The Hall–Kier alpha value is -4.28. The summed E-state index contributed by atoms with van der Waals surface area (Å²) < 4.78 is 6.90. The van der Waals surface area contributed by atoms with E-state index in [1.807, 2.05) is 66.7 Å². The third-order valence-electron chi connectivity index (χ3n) is 5.26. The van der Waals surface area contributed by atoms with E-state index in [1.54, 1.807) is 12.3 Å². The van der Waals surface area contributed by atoms with Gasteiger partial charge in [-0.2, -0.15) is 5.26 Å². The van der Waals surface area contributed by atoms with Gasteiger partial charge in [0.05, 0.1) is 22.0 Å². The van der Waals surface area contributed by atoms with E-state index in [4.69, 9.17) is 4.74 Å². The topological polar surface area (TPSA) is 83.7 Å². The Kier molecular flexibility index (Phi) is 6.41. The van der Waals surface area contributed by atoms with Crippen molar-refractivity contribution in [2.24, 2.45) is 0 Å². The highest BCUT2D eigenvalue weighted by atomic mass is 32.1. The number of nitriles is 1. The van der Waals surface area contributed by atoms with E-state index < -0.39 is 5.92 Å². The lowest BCUT2D eigenvalue weighted by Crippen LogP contribution is -2.10. The molecule has 0 radical (unpaired) electrons. The maximum absolute atomic E-state index is 9.81. The Bertz CT molecular complexity index is 1390. The van der Waals surface area contributed by atoms with Gasteiger partial charge < -0.3 is 10.1 Å². The summed E-state index contributed by atoms with van der Waals surface area (Å²) in [5, 5.41) is 13.8. The minimum atomic E-state index is -0.530. The van der Waals surface area contributed by atoms with E-state index in [1.165, 1.54) is 16.9 Å². The van der Waals surface area contributed by atoms with Crippen LogP contribution in [0, 0.1) is 11.3 Å². The van der Waals surface area contributed by atoms with Crippen molar-refractivity contribution >= 4 is 27.5 Å². The molecule has 0 saturated heterocycles. The third kappa shape index (κ3) is 5.03. The predicted octanol–water partition coefficient (Wildman–Crippen LogP) is 6.19. The van der Waals surface area contributed by atoms with E-state index in [0.29, 0.717) is 18.2 Å². The number of rotatable bonds is 8. The van der Waals surface area contributed by atoms with Gasteiger partial charge in [0.2, 0.25) is 5.95 Å². The summed E-state index contributed by atoms with van der Waals surface area (Å²) in [7, 11) is 0. The molecule has 5 aromatic rings. The van der Waals surface area contributed by atoms with E-state index in [2.05, 4.69) is 38.5 Å². The Balaban J connectivity index is 1.21. The maximum atomic E-state index is 9.81. The lowest BCUT2D eigenvalue weighted by atomic mass is 10.1. The minimum Gasteiger partial charge on any atom is -0.457 e. The van der Waals surface area contributed by atoms with Crippen LogP contribution in [-0.4, -0.2) is 21.5 Å². The molecule has 1 unspecified atom stereocenters. The van der Waals surface area contributed by atoms with Crippen molar-refractivity contribution in [3.63, 3.8) is 0 Å². The molecule has 0 aliphatic carbocycles. The molecule has 1 atom stereocenters. The van der Waals surface area contributed by atoms with Crippen LogP contribution in [0.5, 0.6) is 11.5 Å². The van der Waals surface area contributed by atoms with Gasteiger partial charge in [0.25, 0.3) is 0 Å². The number of thiazole rings is 1. The second kappa shape index (κ2) is 10.1. The third-order valence-corrected chi connectivity index (χ3v) is 6.36. The molecule has 0 aliphatic heterocycles. The molecule has 2 aromatic heterocycles. The van der Waals surface area contributed by atoms with Gasteiger partial charge in [0.1, 0.15) is 22.4 Å². The van der Waals surface area contributed by atoms with Crippen molar-refractivity contribution in [1.82, 2.24) is 15.0 Å². The van der Waals surface area contributed by atoms with Crippen LogP contribution >= 0.6 is 11.3 Å². The van der Waals surface area contributed by atoms with Gasteiger partial charge in [-0.15, -0.1) is 11.3 Å². The summed E-state index contributed by atoms with van der Waals surface area (Å²) in [6, 6.07) is 29.8. The van der Waals surface area contributed by atoms with Crippen molar-refractivity contribution < 1.29 is 4.74 Å². The van der Waals surface area contributed by atoms with Crippen LogP contribution in [0.25, 0.3) is 10.2 Å². The minimum absolute atomic E-state index is 0.503. The molecule has 5 rings (SSSR count). The molecule has 0 spiro atoms. The summed E-state index contributed by atoms with van der Waals surface area (Å²) in [5.74, 6) is 1.59. The second-order valence-electron chi connectivity index (χ2n) is 7.62. The van der Waals surface area contributed by atoms with Crippen molar-refractivity contribution in [2.45, 2.75) is 12.3 Å². The lowest BCUT2D eigenvalue weighted by Gasteiger charge is -2.09. The van der Waals surface area contributed by atoms with E-state index in [-0.39, 0.29) is 0 Å². The summed E-state index contributed by atoms with van der Waals surface area (Å²) >= 11 is 1.52. The number of nitrogens with one attached hydrogen (secondary N) is 1. The fourth-order valence-corrected chi connectivity index (χ4v) is 4.57. The first-order chi connectivity index (χ1) is 16.8. The monoisotopic (exact) mass is 463 g/mol. The number of benzene rings is 3. The lowest BCUT2D eigenvalue weighted by molar-refractivity contribution is 0.482. The number of anilines is 1. The summed E-state index contributed by atoms with van der Waals surface area (Å²) in [6.07, 6.45) is 2.48. The van der Waals surface area contributed by atoms with E-state index >= 15 is 0 Å². The zero-order chi connectivity index (χ0) is 23.2. The van der Waals surface area contributed by atoms with E-state index in [0.717, 1.165) is 33.1 Å². The molecule has 3 aromatic carbocycles. The van der Waals surface area contributed by atoms with Gasteiger partial charge in [0.15, 0.2) is 0 Å². The van der Waals surface area contributed by atoms with Gasteiger partial charge in [0, 0.05) is 12.7 Å². The fraction of sp³-hybridized carbons (Fsp3) is 0.111. The molecule has 0 aliphatic rings. The molecule has 34 heavy (non-hydrogen) atoms. The van der Waals surface area contributed by atoms with Crippen LogP contribution in [0.4, 0.5) is 5.95 Å². The average Bonchev–Trinajstić information content (AvgIpc) is 3.30. The first-order valence-electron chi connectivity index (χ1n) is 10.9. The van der Waals surface area contributed by atoms with Gasteiger partial charge in [-0.3, -0.25) is 0 Å². The van der Waals surface area contributed by atoms with Gasteiger partial charge in [-0.1, -0.05) is 42.5 Å². The Labute approximate surface area is 201 Å². The highest BCUT2D eigenvalue weighted by molar-refractivity contribution is 7.18. The molecule has 1 N–H and O–H groups in total. The molecular weight excluding hydrogens is 442 g/mol. The Morgan fingerprint density at radius 3 is 2.44 bits per heavy atom. The summed E-state index contributed by atoms with van der Waals surface area (Å²) in [5.41, 5.74) is 2.71. The molecule has 0 fully saturated rings. The standard InChI is InChI=1S/C27H21N5OS/c28-18-22(26-31-24-8-4-5-9-25(24)34-26)23-15-17-30-27(32-23)29-16-14-19-10-12-21(13-11-19)33-20-6-2-1-3-7-20/h1-13,15,17,22H,14,16H2,(H,29,30,32). The Morgan fingerprint density at radius 1 is 0.882 bits per heavy atom. The van der Waals surface area contributed by atoms with Gasteiger partial charge >= 0.3 is 0 Å². The van der Waals surface area contributed by atoms with Crippen LogP contribution in [0.1, 0.15) is 22.2 Å². The first-order valence-corrected chi connectivity index (χ1v) is 11.7. The van der Waals surface area contributed by atoms with Crippen LogP contribution in [-0.2, 0) is 6.42 Å². The maximum Gasteiger partial charge on any atom is 0.222 e. The molecule has 0 saturated carbocycles. The number of hydrogen-bond acceptors (Lipinski definition) is 7. The normalized spacial score (nSPS) is 11.6. The second-order valence-corrected chi connectivity index (χ2v) is 8.69. The Morgan fingerprint density at radius 2 is 1.65 bits per heavy atom. The molecular formula is C27H21N5OS. The van der Waals surface area contributed by atoms with Crippen molar-refractivity contribution in [3.8, 4) is 17.6 Å². The SMILES string of the molecule is N#CC(c1ccnc(NCCc2ccc(Oc3ccccc3)cc2)n1)c1nc2ccccc2s1. The number of hydrogen-bond donors (Lipinski definition) is 1.